The minimum absolute atomic E-state index is 0.989. The molecule has 0 saturated heterocycles. The second-order valence-electron chi connectivity index (χ2n) is 3.45. The fraction of sp³-hybridized carbons (Fsp3) is 0.300. The highest BCUT2D eigenvalue weighted by atomic mass is 15.1. The Morgan fingerprint density at radius 2 is 1.85 bits per heavy atom. The molecule has 0 aliphatic carbocycles. The van der Waals surface area contributed by atoms with E-state index in [4.69, 9.17) is 0 Å². The van der Waals surface area contributed by atoms with Gasteiger partial charge in [0.05, 0.1) is 5.69 Å². The molecule has 0 aliphatic rings. The lowest BCUT2D eigenvalue weighted by molar-refractivity contribution is 1.04. The van der Waals surface area contributed by atoms with E-state index in [9.17, 15) is 0 Å². The molecule has 2 aromatic rings. The molecule has 3 nitrogen and oxygen atoms in total. The number of H-pyrrole nitrogens is 2. The second-order valence-corrected chi connectivity index (χ2v) is 3.45. The summed E-state index contributed by atoms with van der Waals surface area (Å²) in [5.41, 5.74) is 5.60. The topological polar surface area (TPSA) is 44.5 Å². The average molecular weight is 175 g/mol. The van der Waals surface area contributed by atoms with Crippen LogP contribution >= 0.6 is 0 Å². The molecular weight excluding hydrogens is 162 g/mol. The van der Waals surface area contributed by atoms with Gasteiger partial charge in [0.25, 0.3) is 0 Å². The molecule has 0 atom stereocenters. The van der Waals surface area contributed by atoms with Gasteiger partial charge in [-0.05, 0) is 38.5 Å². The Morgan fingerprint density at radius 3 is 2.31 bits per heavy atom. The molecule has 0 radical (unpaired) electrons. The van der Waals surface area contributed by atoms with Crippen molar-refractivity contribution in [3.63, 3.8) is 0 Å². The van der Waals surface area contributed by atoms with Gasteiger partial charge in [0.15, 0.2) is 0 Å². The number of aryl methyl sites for hydroxylation is 3. The first-order chi connectivity index (χ1) is 6.16. The first-order valence-electron chi connectivity index (χ1n) is 4.35. The van der Waals surface area contributed by atoms with Gasteiger partial charge in [0.2, 0.25) is 0 Å². The summed E-state index contributed by atoms with van der Waals surface area (Å²) in [6.45, 7) is 6.14. The molecule has 0 saturated carbocycles. The van der Waals surface area contributed by atoms with Crippen molar-refractivity contribution in [2.75, 3.05) is 0 Å². The molecule has 2 rings (SSSR count). The Bertz CT molecular complexity index is 423. The summed E-state index contributed by atoms with van der Waals surface area (Å²) >= 11 is 0. The molecule has 0 aliphatic heterocycles. The van der Waals surface area contributed by atoms with E-state index in [-0.39, 0.29) is 0 Å². The lowest BCUT2D eigenvalue weighted by Crippen LogP contribution is -1.80. The number of nitrogens with zero attached hydrogens (tertiary/aromatic N) is 1. The molecule has 68 valence electrons. The number of aromatic amines is 2. The predicted molar refractivity (Wildman–Crippen MR) is 52.6 cm³/mol. The fourth-order valence-electron chi connectivity index (χ4n) is 1.54. The molecule has 0 fully saturated rings. The highest BCUT2D eigenvalue weighted by Gasteiger charge is 2.07. The highest BCUT2D eigenvalue weighted by molar-refractivity contribution is 5.59. The SMILES string of the molecule is Cc1cc(-c2[nH]c(C)cc2C)n[nH]1. The zero-order valence-corrected chi connectivity index (χ0v) is 8.10. The summed E-state index contributed by atoms with van der Waals surface area (Å²) in [6, 6.07) is 4.16. The van der Waals surface area contributed by atoms with Crippen molar-refractivity contribution in [3.05, 3.63) is 29.1 Å². The van der Waals surface area contributed by atoms with Crippen molar-refractivity contribution in [3.8, 4) is 11.4 Å². The van der Waals surface area contributed by atoms with Crippen LogP contribution in [0.1, 0.15) is 17.0 Å². The van der Waals surface area contributed by atoms with E-state index in [1.54, 1.807) is 0 Å². The van der Waals surface area contributed by atoms with E-state index in [1.807, 2.05) is 13.0 Å². The molecule has 0 bridgehead atoms. The molecule has 2 aromatic heterocycles. The normalized spacial score (nSPS) is 10.7. The zero-order chi connectivity index (χ0) is 9.42. The molecule has 13 heavy (non-hydrogen) atoms. The zero-order valence-electron chi connectivity index (χ0n) is 8.10. The Hall–Kier alpha value is -1.51. The van der Waals surface area contributed by atoms with E-state index in [0.717, 1.165) is 17.1 Å². The monoisotopic (exact) mass is 175 g/mol. The first-order valence-corrected chi connectivity index (χ1v) is 4.35. The second kappa shape index (κ2) is 2.76. The third-order valence-electron chi connectivity index (χ3n) is 2.11. The molecule has 0 unspecified atom stereocenters. The number of nitrogens with one attached hydrogen (secondary N) is 2. The average Bonchev–Trinajstić information content (AvgIpc) is 2.58. The van der Waals surface area contributed by atoms with Crippen molar-refractivity contribution in [1.29, 1.82) is 0 Å². The predicted octanol–water partition coefficient (Wildman–Crippen LogP) is 2.33. The smallest absolute Gasteiger partial charge is 0.109 e. The van der Waals surface area contributed by atoms with Crippen LogP contribution in [0.3, 0.4) is 0 Å². The molecule has 0 amide bonds. The third-order valence-corrected chi connectivity index (χ3v) is 2.11. The molecule has 0 spiro atoms. The van der Waals surface area contributed by atoms with Crippen LogP contribution in [-0.4, -0.2) is 15.2 Å². The maximum absolute atomic E-state index is 4.20. The van der Waals surface area contributed by atoms with Crippen LogP contribution in [0, 0.1) is 20.8 Å². The van der Waals surface area contributed by atoms with E-state index in [0.29, 0.717) is 0 Å². The highest BCUT2D eigenvalue weighted by Crippen LogP contribution is 2.21. The van der Waals surface area contributed by atoms with Gasteiger partial charge in [0.1, 0.15) is 5.69 Å². The van der Waals surface area contributed by atoms with E-state index in [2.05, 4.69) is 35.1 Å². The van der Waals surface area contributed by atoms with Crippen LogP contribution in [0.25, 0.3) is 11.4 Å². The van der Waals surface area contributed by atoms with E-state index in [1.165, 1.54) is 11.3 Å². The first kappa shape index (κ1) is 8.10. The lowest BCUT2D eigenvalue weighted by Gasteiger charge is -1.92. The van der Waals surface area contributed by atoms with Gasteiger partial charge >= 0.3 is 0 Å². The number of hydrogen-bond donors (Lipinski definition) is 2. The number of aromatic nitrogens is 3. The van der Waals surface area contributed by atoms with Crippen LogP contribution in [0.2, 0.25) is 0 Å². The fourth-order valence-corrected chi connectivity index (χ4v) is 1.54. The van der Waals surface area contributed by atoms with Gasteiger partial charge in [-0.15, -0.1) is 0 Å². The van der Waals surface area contributed by atoms with Crippen LogP contribution in [0.15, 0.2) is 12.1 Å². The maximum Gasteiger partial charge on any atom is 0.109 e. The van der Waals surface area contributed by atoms with E-state index >= 15 is 0 Å². The van der Waals surface area contributed by atoms with Gasteiger partial charge in [-0.3, -0.25) is 5.10 Å². The Kier molecular flexibility index (Phi) is 1.72. The van der Waals surface area contributed by atoms with E-state index < -0.39 is 0 Å². The van der Waals surface area contributed by atoms with Crippen molar-refractivity contribution >= 4 is 0 Å². The van der Waals surface area contributed by atoms with Crippen molar-refractivity contribution in [2.24, 2.45) is 0 Å². The van der Waals surface area contributed by atoms with Crippen LogP contribution in [0.5, 0.6) is 0 Å². The maximum atomic E-state index is 4.20. The largest absolute Gasteiger partial charge is 0.357 e. The Balaban J connectivity index is 2.51. The standard InChI is InChI=1S/C10H13N3/c1-6-4-7(2)11-10(6)9-5-8(3)12-13-9/h4-5,11H,1-3H3,(H,12,13). The summed E-state index contributed by atoms with van der Waals surface area (Å²) in [6.07, 6.45) is 0. The molecular formula is C10H13N3. The minimum atomic E-state index is 0.989. The molecule has 0 aromatic carbocycles. The van der Waals surface area contributed by atoms with Crippen LogP contribution in [0.4, 0.5) is 0 Å². The van der Waals surface area contributed by atoms with Gasteiger partial charge < -0.3 is 4.98 Å². The number of hydrogen-bond acceptors (Lipinski definition) is 1. The van der Waals surface area contributed by atoms with Gasteiger partial charge in [-0.1, -0.05) is 0 Å². The minimum Gasteiger partial charge on any atom is -0.357 e. The van der Waals surface area contributed by atoms with Crippen molar-refractivity contribution < 1.29 is 0 Å². The van der Waals surface area contributed by atoms with Gasteiger partial charge in [0, 0.05) is 11.4 Å². The Labute approximate surface area is 77.2 Å². The summed E-state index contributed by atoms with van der Waals surface area (Å²) in [7, 11) is 0. The van der Waals surface area contributed by atoms with Gasteiger partial charge in [-0.2, -0.15) is 5.10 Å². The molecule has 2 heterocycles. The van der Waals surface area contributed by atoms with Crippen LogP contribution < -0.4 is 0 Å². The molecule has 3 heteroatoms. The van der Waals surface area contributed by atoms with Crippen molar-refractivity contribution in [1.82, 2.24) is 15.2 Å². The quantitative estimate of drug-likeness (QED) is 0.686. The summed E-state index contributed by atoms with van der Waals surface area (Å²) in [4.78, 5) is 3.29. The molecule has 2 N–H and O–H groups in total. The van der Waals surface area contributed by atoms with Crippen molar-refractivity contribution in [2.45, 2.75) is 20.8 Å². The Morgan fingerprint density at radius 1 is 1.08 bits per heavy atom. The lowest BCUT2D eigenvalue weighted by atomic mass is 10.2. The summed E-state index contributed by atoms with van der Waals surface area (Å²) < 4.78 is 0. The summed E-state index contributed by atoms with van der Waals surface area (Å²) in [5.74, 6) is 0. The third kappa shape index (κ3) is 1.37. The van der Waals surface area contributed by atoms with Gasteiger partial charge in [-0.25, -0.2) is 0 Å². The van der Waals surface area contributed by atoms with Crippen LogP contribution in [-0.2, 0) is 0 Å². The number of rotatable bonds is 1. The summed E-state index contributed by atoms with van der Waals surface area (Å²) in [5, 5.41) is 7.14.